The Morgan fingerprint density at radius 1 is 1.43 bits per heavy atom. The highest BCUT2D eigenvalue weighted by atomic mass is 35.5. The predicted molar refractivity (Wildman–Crippen MR) is 88.9 cm³/mol. The van der Waals surface area contributed by atoms with Gasteiger partial charge in [0.05, 0.1) is 12.3 Å². The number of fused-ring (bicyclic) bond motifs is 1. The number of thiazole rings is 1. The topological polar surface area (TPSA) is 72.7 Å². The van der Waals surface area contributed by atoms with Gasteiger partial charge in [0, 0.05) is 22.2 Å². The van der Waals surface area contributed by atoms with E-state index in [1.165, 1.54) is 21.9 Å². The molecule has 0 atom stereocenters. The Balaban J connectivity index is 2.18. The largest absolute Gasteiger partial charge is 0.282 e. The van der Waals surface area contributed by atoms with Crippen molar-refractivity contribution in [2.75, 3.05) is 6.61 Å². The molecule has 23 heavy (non-hydrogen) atoms. The summed E-state index contributed by atoms with van der Waals surface area (Å²) in [6, 6.07) is 7.19. The second-order valence-electron chi connectivity index (χ2n) is 4.56. The summed E-state index contributed by atoms with van der Waals surface area (Å²) in [6.45, 7) is 2.02. The van der Waals surface area contributed by atoms with Crippen LogP contribution in [0.4, 0.5) is 0 Å². The number of hydrogen-bond acceptors (Lipinski definition) is 5. The van der Waals surface area contributed by atoms with Crippen LogP contribution in [0, 0.1) is 0 Å². The number of halogens is 1. The monoisotopic (exact) mass is 349 g/mol. The van der Waals surface area contributed by atoms with Crippen LogP contribution in [-0.4, -0.2) is 21.9 Å². The van der Waals surface area contributed by atoms with Crippen molar-refractivity contribution in [1.82, 2.24) is 14.9 Å². The van der Waals surface area contributed by atoms with E-state index in [-0.39, 0.29) is 5.56 Å². The molecule has 0 bridgehead atoms. The van der Waals surface area contributed by atoms with Gasteiger partial charge in [0.2, 0.25) is 0 Å². The lowest BCUT2D eigenvalue weighted by Gasteiger charge is -2.06. The summed E-state index contributed by atoms with van der Waals surface area (Å²) in [6.07, 6.45) is 1.25. The molecule has 0 radical (unpaired) electrons. The van der Waals surface area contributed by atoms with E-state index in [2.05, 4.69) is 10.5 Å². The second kappa shape index (κ2) is 6.49. The zero-order valence-corrected chi connectivity index (χ0v) is 13.6. The zero-order chi connectivity index (χ0) is 16.4. The third-order valence-corrected chi connectivity index (χ3v) is 4.32. The molecule has 1 aromatic carbocycles. The molecule has 6 nitrogen and oxygen atoms in total. The predicted octanol–water partition coefficient (Wildman–Crippen LogP) is 2.76. The average molecular weight is 350 g/mol. The smallest absolute Gasteiger partial charge is 0.274 e. The molecule has 3 aromatic rings. The summed E-state index contributed by atoms with van der Waals surface area (Å²) in [7, 11) is 0. The maximum Gasteiger partial charge on any atom is 0.282 e. The Morgan fingerprint density at radius 3 is 2.96 bits per heavy atom. The first-order valence-corrected chi connectivity index (χ1v) is 8.05. The number of carbonyl (C=O) groups excluding carboxylic acids is 1. The average Bonchev–Trinajstić information content (AvgIpc) is 2.98. The lowest BCUT2D eigenvalue weighted by Crippen LogP contribution is -2.31. The number of rotatable bonds is 4. The summed E-state index contributed by atoms with van der Waals surface area (Å²) in [5.41, 5.74) is 2.94. The van der Waals surface area contributed by atoms with Crippen LogP contribution in [0.5, 0.6) is 0 Å². The summed E-state index contributed by atoms with van der Waals surface area (Å²) in [4.78, 5) is 34.2. The van der Waals surface area contributed by atoms with Crippen LogP contribution in [0.1, 0.15) is 17.3 Å². The fraction of sp³-hybridized carbons (Fsp3) is 0.133. The molecular formula is C15H12ClN3O3S. The van der Waals surface area contributed by atoms with Gasteiger partial charge in [0.15, 0.2) is 4.96 Å². The Labute approximate surface area is 140 Å². The number of benzene rings is 1. The van der Waals surface area contributed by atoms with Crippen LogP contribution >= 0.6 is 22.9 Å². The number of hydroxylamine groups is 1. The minimum absolute atomic E-state index is 0.0948. The second-order valence-corrected chi connectivity index (χ2v) is 5.80. The highest BCUT2D eigenvalue weighted by Gasteiger charge is 2.18. The van der Waals surface area contributed by atoms with Crippen LogP contribution < -0.4 is 11.0 Å². The third kappa shape index (κ3) is 2.86. The van der Waals surface area contributed by atoms with Gasteiger partial charge in [-0.3, -0.25) is 18.8 Å². The highest BCUT2D eigenvalue weighted by molar-refractivity contribution is 7.15. The summed E-state index contributed by atoms with van der Waals surface area (Å²) in [5.74, 6) is -0.630. The van der Waals surface area contributed by atoms with Crippen molar-refractivity contribution in [1.29, 1.82) is 0 Å². The van der Waals surface area contributed by atoms with Gasteiger partial charge in [-0.05, 0) is 13.0 Å². The van der Waals surface area contributed by atoms with Crippen LogP contribution in [0.2, 0.25) is 5.02 Å². The maximum atomic E-state index is 12.7. The molecule has 0 aliphatic carbocycles. The molecule has 8 heteroatoms. The molecule has 2 aromatic heterocycles. The molecule has 0 fully saturated rings. The van der Waals surface area contributed by atoms with Crippen LogP contribution in [-0.2, 0) is 4.84 Å². The van der Waals surface area contributed by atoms with Gasteiger partial charge < -0.3 is 0 Å². The molecule has 0 saturated carbocycles. The van der Waals surface area contributed by atoms with Crippen LogP contribution in [0.15, 0.2) is 40.6 Å². The van der Waals surface area contributed by atoms with Gasteiger partial charge >= 0.3 is 0 Å². The molecule has 0 aliphatic heterocycles. The maximum absolute atomic E-state index is 12.7. The molecule has 118 valence electrons. The standard InChI is InChI=1S/C15H12ClN3O3S/c1-2-22-18-13(20)10-7-17-15-19(14(10)21)12(8-23-15)9-5-3-4-6-11(9)16/h3-8H,2H2,1H3,(H,18,20). The molecule has 1 N–H and O–H groups in total. The van der Waals surface area contributed by atoms with Gasteiger partial charge in [-0.25, -0.2) is 10.5 Å². The Kier molecular flexibility index (Phi) is 4.42. The third-order valence-electron chi connectivity index (χ3n) is 3.15. The number of hydrogen-bond donors (Lipinski definition) is 1. The van der Waals surface area contributed by atoms with Gasteiger partial charge in [-0.15, -0.1) is 11.3 Å². The number of nitrogens with one attached hydrogen (secondary N) is 1. The first kappa shape index (κ1) is 15.7. The van der Waals surface area contributed by atoms with Crippen molar-refractivity contribution < 1.29 is 9.63 Å². The molecule has 0 unspecified atom stereocenters. The number of carbonyl (C=O) groups is 1. The van der Waals surface area contributed by atoms with Crippen molar-refractivity contribution in [2.24, 2.45) is 0 Å². The van der Waals surface area contributed by atoms with Gasteiger partial charge in [-0.2, -0.15) is 0 Å². The molecular weight excluding hydrogens is 338 g/mol. The zero-order valence-electron chi connectivity index (χ0n) is 12.1. The molecule has 1 amide bonds. The molecule has 0 aliphatic rings. The van der Waals surface area contributed by atoms with E-state index in [9.17, 15) is 9.59 Å². The number of nitrogens with zero attached hydrogens (tertiary/aromatic N) is 2. The normalized spacial score (nSPS) is 10.9. The lowest BCUT2D eigenvalue weighted by atomic mass is 10.2. The van der Waals surface area contributed by atoms with Gasteiger partial charge in [0.25, 0.3) is 11.5 Å². The van der Waals surface area contributed by atoms with Crippen molar-refractivity contribution in [2.45, 2.75) is 6.92 Å². The van der Waals surface area contributed by atoms with Crippen molar-refractivity contribution in [3.8, 4) is 11.3 Å². The van der Waals surface area contributed by atoms with E-state index < -0.39 is 11.5 Å². The van der Waals surface area contributed by atoms with Gasteiger partial charge in [0.1, 0.15) is 5.56 Å². The Morgan fingerprint density at radius 2 is 2.22 bits per heavy atom. The molecule has 0 spiro atoms. The Hall–Kier alpha value is -2.22. The highest BCUT2D eigenvalue weighted by Crippen LogP contribution is 2.29. The van der Waals surface area contributed by atoms with E-state index in [4.69, 9.17) is 16.4 Å². The van der Waals surface area contributed by atoms with Crippen molar-refractivity contribution >= 4 is 33.8 Å². The molecule has 2 heterocycles. The van der Waals surface area contributed by atoms with Crippen LogP contribution in [0.3, 0.4) is 0 Å². The quantitative estimate of drug-likeness (QED) is 0.735. The van der Waals surface area contributed by atoms with E-state index in [1.807, 2.05) is 18.2 Å². The first-order chi connectivity index (χ1) is 11.1. The number of amides is 1. The summed E-state index contributed by atoms with van der Waals surface area (Å²) < 4.78 is 1.38. The fourth-order valence-electron chi connectivity index (χ4n) is 2.10. The lowest BCUT2D eigenvalue weighted by molar-refractivity contribution is 0.0362. The van der Waals surface area contributed by atoms with E-state index in [0.29, 0.717) is 27.8 Å². The van der Waals surface area contributed by atoms with E-state index >= 15 is 0 Å². The Bertz CT molecular complexity index is 935. The summed E-state index contributed by atoms with van der Waals surface area (Å²) >= 11 is 7.51. The molecule has 0 saturated heterocycles. The van der Waals surface area contributed by atoms with E-state index in [0.717, 1.165) is 0 Å². The first-order valence-electron chi connectivity index (χ1n) is 6.79. The van der Waals surface area contributed by atoms with Crippen LogP contribution in [0.25, 0.3) is 16.2 Å². The van der Waals surface area contributed by atoms with Gasteiger partial charge in [-0.1, -0.05) is 29.8 Å². The van der Waals surface area contributed by atoms with E-state index in [1.54, 1.807) is 18.4 Å². The SMILES string of the molecule is CCONC(=O)c1cnc2scc(-c3ccccc3Cl)n2c1=O. The van der Waals surface area contributed by atoms with Crippen molar-refractivity contribution in [3.63, 3.8) is 0 Å². The minimum atomic E-state index is -0.630. The van der Waals surface area contributed by atoms with Crippen molar-refractivity contribution in [3.05, 3.63) is 56.8 Å². The summed E-state index contributed by atoms with van der Waals surface area (Å²) in [5, 5.41) is 2.30. The number of aromatic nitrogens is 2. The molecule has 3 rings (SSSR count). The fourth-order valence-corrected chi connectivity index (χ4v) is 3.18. The minimum Gasteiger partial charge on any atom is -0.274 e.